The minimum absolute atomic E-state index is 0.204. The zero-order chi connectivity index (χ0) is 12.1. The standard InChI is InChI=1S/C11H14BrFN2S/c1-2-15(7-11(14)16)6-8-5-9(12)3-4-10(8)13/h3-5H,2,6-7H2,1H3,(H2,14,16). The largest absolute Gasteiger partial charge is 0.392 e. The van der Waals surface area contributed by atoms with Gasteiger partial charge in [0.1, 0.15) is 5.82 Å². The molecule has 0 saturated carbocycles. The highest BCUT2D eigenvalue weighted by Gasteiger charge is 2.09. The quantitative estimate of drug-likeness (QED) is 0.848. The van der Waals surface area contributed by atoms with Crippen molar-refractivity contribution in [3.63, 3.8) is 0 Å². The van der Waals surface area contributed by atoms with Gasteiger partial charge in [0, 0.05) is 23.1 Å². The second-order valence-corrected chi connectivity index (χ2v) is 4.95. The molecule has 0 spiro atoms. The molecule has 1 aromatic rings. The Balaban J connectivity index is 2.77. The minimum atomic E-state index is -0.204. The summed E-state index contributed by atoms with van der Waals surface area (Å²) >= 11 is 8.17. The van der Waals surface area contributed by atoms with Gasteiger partial charge in [0.05, 0.1) is 4.99 Å². The van der Waals surface area contributed by atoms with E-state index in [1.54, 1.807) is 12.1 Å². The van der Waals surface area contributed by atoms with Crippen LogP contribution in [-0.2, 0) is 6.54 Å². The third-order valence-corrected chi connectivity index (χ3v) is 2.85. The van der Waals surface area contributed by atoms with Crippen LogP contribution in [0.4, 0.5) is 4.39 Å². The van der Waals surface area contributed by atoms with E-state index in [9.17, 15) is 4.39 Å². The van der Waals surface area contributed by atoms with Crippen LogP contribution in [0, 0.1) is 5.82 Å². The van der Waals surface area contributed by atoms with E-state index in [0.29, 0.717) is 23.6 Å². The van der Waals surface area contributed by atoms with Crippen molar-refractivity contribution in [2.24, 2.45) is 5.73 Å². The number of hydrogen-bond donors (Lipinski definition) is 1. The summed E-state index contributed by atoms with van der Waals surface area (Å²) in [6.45, 7) is 3.80. The van der Waals surface area contributed by atoms with Gasteiger partial charge in [-0.05, 0) is 24.7 Å². The number of likely N-dealkylation sites (N-methyl/N-ethyl adjacent to an activating group) is 1. The third kappa shape index (κ3) is 4.15. The lowest BCUT2D eigenvalue weighted by molar-refractivity contribution is 0.315. The Hall–Kier alpha value is -0.520. The normalized spacial score (nSPS) is 10.8. The van der Waals surface area contributed by atoms with E-state index in [1.807, 2.05) is 11.8 Å². The predicted octanol–water partition coefficient (Wildman–Crippen LogP) is 2.70. The van der Waals surface area contributed by atoms with Crippen molar-refractivity contribution in [1.82, 2.24) is 4.90 Å². The molecule has 0 saturated heterocycles. The zero-order valence-electron chi connectivity index (χ0n) is 9.04. The third-order valence-electron chi connectivity index (χ3n) is 2.23. The van der Waals surface area contributed by atoms with E-state index in [2.05, 4.69) is 15.9 Å². The molecule has 1 aromatic carbocycles. The van der Waals surface area contributed by atoms with Gasteiger partial charge in [-0.3, -0.25) is 4.90 Å². The Bertz CT molecular complexity index is 384. The Labute approximate surface area is 109 Å². The maximum absolute atomic E-state index is 13.5. The first-order chi connectivity index (χ1) is 7.52. The molecule has 0 aromatic heterocycles. The van der Waals surface area contributed by atoms with Crippen LogP contribution in [0.25, 0.3) is 0 Å². The molecule has 0 bridgehead atoms. The van der Waals surface area contributed by atoms with Crippen molar-refractivity contribution in [3.05, 3.63) is 34.1 Å². The molecule has 0 radical (unpaired) electrons. The summed E-state index contributed by atoms with van der Waals surface area (Å²) in [5.74, 6) is -0.204. The van der Waals surface area contributed by atoms with Gasteiger partial charge in [0.15, 0.2) is 0 Å². The molecule has 2 N–H and O–H groups in total. The average Bonchev–Trinajstić information content (AvgIpc) is 2.21. The van der Waals surface area contributed by atoms with Crippen LogP contribution in [0.2, 0.25) is 0 Å². The van der Waals surface area contributed by atoms with Crippen LogP contribution in [0.3, 0.4) is 0 Å². The van der Waals surface area contributed by atoms with Crippen LogP contribution in [0.5, 0.6) is 0 Å². The Kier molecular flexibility index (Phi) is 5.31. The van der Waals surface area contributed by atoms with E-state index < -0.39 is 0 Å². The van der Waals surface area contributed by atoms with E-state index in [4.69, 9.17) is 18.0 Å². The smallest absolute Gasteiger partial charge is 0.127 e. The molecular weight excluding hydrogens is 291 g/mol. The second-order valence-electron chi connectivity index (χ2n) is 3.51. The Morgan fingerprint density at radius 2 is 2.25 bits per heavy atom. The highest BCUT2D eigenvalue weighted by molar-refractivity contribution is 9.10. The number of nitrogens with two attached hydrogens (primary N) is 1. The van der Waals surface area contributed by atoms with E-state index in [0.717, 1.165) is 11.0 Å². The van der Waals surface area contributed by atoms with Crippen LogP contribution in [-0.4, -0.2) is 23.0 Å². The summed E-state index contributed by atoms with van der Waals surface area (Å²) in [4.78, 5) is 2.42. The van der Waals surface area contributed by atoms with E-state index in [1.165, 1.54) is 6.07 Å². The second kappa shape index (κ2) is 6.27. The first-order valence-corrected chi connectivity index (χ1v) is 6.17. The van der Waals surface area contributed by atoms with Crippen molar-refractivity contribution >= 4 is 33.1 Å². The highest BCUT2D eigenvalue weighted by Crippen LogP contribution is 2.17. The van der Waals surface area contributed by atoms with Gasteiger partial charge in [-0.15, -0.1) is 0 Å². The first-order valence-electron chi connectivity index (χ1n) is 4.97. The molecule has 5 heteroatoms. The summed E-state index contributed by atoms with van der Waals surface area (Å²) in [5, 5.41) is 0. The van der Waals surface area contributed by atoms with E-state index >= 15 is 0 Å². The van der Waals surface area contributed by atoms with Crippen LogP contribution >= 0.6 is 28.1 Å². The highest BCUT2D eigenvalue weighted by atomic mass is 79.9. The van der Waals surface area contributed by atoms with Crippen LogP contribution in [0.15, 0.2) is 22.7 Å². The molecule has 0 aliphatic carbocycles. The van der Waals surface area contributed by atoms with Crippen molar-refractivity contribution in [2.45, 2.75) is 13.5 Å². The lowest BCUT2D eigenvalue weighted by Gasteiger charge is -2.19. The zero-order valence-corrected chi connectivity index (χ0v) is 11.4. The number of hydrogen-bond acceptors (Lipinski definition) is 2. The number of benzene rings is 1. The van der Waals surface area contributed by atoms with Gasteiger partial charge < -0.3 is 5.73 Å². The first kappa shape index (κ1) is 13.5. The van der Waals surface area contributed by atoms with Gasteiger partial charge in [0.2, 0.25) is 0 Å². The van der Waals surface area contributed by atoms with Crippen molar-refractivity contribution in [2.75, 3.05) is 13.1 Å². The monoisotopic (exact) mass is 304 g/mol. The van der Waals surface area contributed by atoms with E-state index in [-0.39, 0.29) is 5.82 Å². The van der Waals surface area contributed by atoms with Crippen LogP contribution in [0.1, 0.15) is 12.5 Å². The molecule has 0 amide bonds. The summed E-state index contributed by atoms with van der Waals surface area (Å²) in [7, 11) is 0. The lowest BCUT2D eigenvalue weighted by Crippen LogP contribution is -2.32. The number of halogens is 2. The molecule has 88 valence electrons. The molecule has 1 rings (SSSR count). The number of thiocarbonyl (C=S) groups is 1. The van der Waals surface area contributed by atoms with Crippen molar-refractivity contribution in [3.8, 4) is 0 Å². The minimum Gasteiger partial charge on any atom is -0.392 e. The van der Waals surface area contributed by atoms with Crippen LogP contribution < -0.4 is 5.73 Å². The fraction of sp³-hybridized carbons (Fsp3) is 0.364. The topological polar surface area (TPSA) is 29.3 Å². The van der Waals surface area contributed by atoms with Crippen molar-refractivity contribution in [1.29, 1.82) is 0 Å². The molecule has 16 heavy (non-hydrogen) atoms. The van der Waals surface area contributed by atoms with Crippen molar-refractivity contribution < 1.29 is 4.39 Å². The maximum atomic E-state index is 13.5. The summed E-state index contributed by atoms with van der Waals surface area (Å²) in [5.41, 5.74) is 6.12. The molecular formula is C11H14BrFN2S. The number of nitrogens with zero attached hydrogens (tertiary/aromatic N) is 1. The molecule has 0 aliphatic heterocycles. The van der Waals surface area contributed by atoms with Gasteiger partial charge in [0.25, 0.3) is 0 Å². The van der Waals surface area contributed by atoms with Gasteiger partial charge in [-0.2, -0.15) is 0 Å². The summed E-state index contributed by atoms with van der Waals surface area (Å²) in [6.07, 6.45) is 0. The Morgan fingerprint density at radius 3 is 2.81 bits per heavy atom. The summed E-state index contributed by atoms with van der Waals surface area (Å²) < 4.78 is 14.4. The average molecular weight is 305 g/mol. The molecule has 0 aliphatic rings. The lowest BCUT2D eigenvalue weighted by atomic mass is 10.2. The molecule has 0 heterocycles. The molecule has 2 nitrogen and oxygen atoms in total. The fourth-order valence-corrected chi connectivity index (χ4v) is 2.00. The predicted molar refractivity (Wildman–Crippen MR) is 71.8 cm³/mol. The summed E-state index contributed by atoms with van der Waals surface area (Å²) in [6, 6.07) is 4.91. The van der Waals surface area contributed by atoms with Gasteiger partial charge >= 0.3 is 0 Å². The molecule has 0 atom stereocenters. The molecule has 0 fully saturated rings. The SMILES string of the molecule is CCN(CC(N)=S)Cc1cc(Br)ccc1F. The molecule has 0 unspecified atom stereocenters. The maximum Gasteiger partial charge on any atom is 0.127 e. The number of rotatable bonds is 5. The Morgan fingerprint density at radius 1 is 1.56 bits per heavy atom. The van der Waals surface area contributed by atoms with Gasteiger partial charge in [-0.25, -0.2) is 4.39 Å². The fourth-order valence-electron chi connectivity index (χ4n) is 1.41. The van der Waals surface area contributed by atoms with Gasteiger partial charge in [-0.1, -0.05) is 35.1 Å².